The highest BCUT2D eigenvalue weighted by atomic mass is 19.1. The van der Waals surface area contributed by atoms with E-state index in [9.17, 15) is 4.39 Å². The summed E-state index contributed by atoms with van der Waals surface area (Å²) in [6.07, 6.45) is 1.98. The zero-order chi connectivity index (χ0) is 14.1. The van der Waals surface area contributed by atoms with Crippen LogP contribution in [-0.2, 0) is 6.54 Å². The van der Waals surface area contributed by atoms with Crippen LogP contribution in [0, 0.1) is 5.82 Å². The van der Waals surface area contributed by atoms with E-state index in [-0.39, 0.29) is 11.5 Å². The monoisotopic (exact) mass is 269 g/mol. The van der Waals surface area contributed by atoms with Crippen LogP contribution < -0.4 is 10.6 Å². The van der Waals surface area contributed by atoms with Gasteiger partial charge < -0.3 is 15.6 Å². The Kier molecular flexibility index (Phi) is 3.06. The van der Waals surface area contributed by atoms with Crippen molar-refractivity contribution in [2.75, 3.05) is 17.7 Å². The maximum atomic E-state index is 13.5. The molecule has 3 rings (SSSR count). The number of para-hydroxylation sites is 2. The van der Waals surface area contributed by atoms with Gasteiger partial charge in [-0.3, -0.25) is 0 Å². The molecule has 20 heavy (non-hydrogen) atoms. The highest BCUT2D eigenvalue weighted by molar-refractivity contribution is 5.83. The highest BCUT2D eigenvalue weighted by Gasteiger charge is 2.11. The van der Waals surface area contributed by atoms with Crippen LogP contribution in [0.25, 0.3) is 10.9 Å². The molecule has 1 aromatic heterocycles. The Morgan fingerprint density at radius 3 is 2.80 bits per heavy atom. The van der Waals surface area contributed by atoms with Crippen LogP contribution in [-0.4, -0.2) is 12.0 Å². The van der Waals surface area contributed by atoms with Crippen molar-refractivity contribution >= 4 is 22.3 Å². The van der Waals surface area contributed by atoms with Gasteiger partial charge in [0.15, 0.2) is 0 Å². The molecule has 0 aliphatic heterocycles. The van der Waals surface area contributed by atoms with Gasteiger partial charge in [-0.2, -0.15) is 0 Å². The van der Waals surface area contributed by atoms with Crippen LogP contribution in [0.4, 0.5) is 15.8 Å². The van der Waals surface area contributed by atoms with Crippen molar-refractivity contribution in [1.29, 1.82) is 0 Å². The summed E-state index contributed by atoms with van der Waals surface area (Å²) in [5, 5.41) is 1.18. The molecule has 0 saturated carbocycles. The number of hydrogen-bond acceptors (Lipinski definition) is 2. The van der Waals surface area contributed by atoms with Gasteiger partial charge >= 0.3 is 0 Å². The van der Waals surface area contributed by atoms with Crippen molar-refractivity contribution < 1.29 is 4.39 Å². The normalized spacial score (nSPS) is 10.9. The zero-order valence-electron chi connectivity index (χ0n) is 11.2. The van der Waals surface area contributed by atoms with Gasteiger partial charge in [0.2, 0.25) is 0 Å². The molecule has 0 aliphatic carbocycles. The van der Waals surface area contributed by atoms with Gasteiger partial charge in [0.25, 0.3) is 0 Å². The number of benzene rings is 2. The minimum absolute atomic E-state index is 0.190. The minimum Gasteiger partial charge on any atom is -0.395 e. The number of aromatic nitrogens is 1. The van der Waals surface area contributed by atoms with Crippen LogP contribution in [0.5, 0.6) is 0 Å². The molecule has 0 radical (unpaired) electrons. The molecule has 0 amide bonds. The lowest BCUT2D eigenvalue weighted by molar-refractivity contribution is 0.632. The first kappa shape index (κ1) is 12.5. The molecular weight excluding hydrogens is 253 g/mol. The summed E-state index contributed by atoms with van der Waals surface area (Å²) in [5.74, 6) is -0.381. The molecular formula is C16H16FN3. The standard InChI is InChI=1S/C16H16FN3/c1-20(15-8-4-6-13(17)16(15)18)10-11-9-19-14-7-3-2-5-12(11)14/h2-9,19H,10,18H2,1H3. The Bertz CT molecular complexity index is 748. The molecule has 0 atom stereocenters. The number of nitrogens with one attached hydrogen (secondary N) is 1. The Balaban J connectivity index is 1.92. The molecule has 0 aliphatic rings. The molecule has 0 fully saturated rings. The summed E-state index contributed by atoms with van der Waals surface area (Å²) in [7, 11) is 1.91. The fraction of sp³-hybridized carbons (Fsp3) is 0.125. The average molecular weight is 269 g/mol. The van der Waals surface area contributed by atoms with Crippen molar-refractivity contribution in [1.82, 2.24) is 4.98 Å². The number of nitrogens with zero attached hydrogens (tertiary/aromatic N) is 1. The van der Waals surface area contributed by atoms with E-state index in [2.05, 4.69) is 11.1 Å². The summed E-state index contributed by atoms with van der Waals surface area (Å²) in [5.41, 5.74) is 8.95. The van der Waals surface area contributed by atoms with Crippen LogP contribution in [0.3, 0.4) is 0 Å². The van der Waals surface area contributed by atoms with E-state index in [4.69, 9.17) is 5.73 Å². The van der Waals surface area contributed by atoms with Crippen molar-refractivity contribution in [2.45, 2.75) is 6.54 Å². The molecule has 3 N–H and O–H groups in total. The Morgan fingerprint density at radius 1 is 1.15 bits per heavy atom. The molecule has 3 aromatic rings. The van der Waals surface area contributed by atoms with Crippen molar-refractivity contribution in [3.05, 3.63) is 60.0 Å². The largest absolute Gasteiger partial charge is 0.395 e. The van der Waals surface area contributed by atoms with Gasteiger partial charge in [0.05, 0.1) is 11.4 Å². The second kappa shape index (κ2) is 4.89. The third-order valence-corrected chi connectivity index (χ3v) is 3.52. The van der Waals surface area contributed by atoms with Gasteiger partial charge in [-0.15, -0.1) is 0 Å². The maximum absolute atomic E-state index is 13.5. The number of halogens is 1. The molecule has 1 heterocycles. The van der Waals surface area contributed by atoms with E-state index in [1.807, 2.05) is 42.4 Å². The van der Waals surface area contributed by atoms with Crippen LogP contribution in [0.1, 0.15) is 5.56 Å². The SMILES string of the molecule is CN(Cc1c[nH]c2ccccc12)c1cccc(F)c1N. The summed E-state index contributed by atoms with van der Waals surface area (Å²) in [4.78, 5) is 5.19. The van der Waals surface area contributed by atoms with E-state index in [0.29, 0.717) is 12.2 Å². The topological polar surface area (TPSA) is 45.0 Å². The van der Waals surface area contributed by atoms with Gasteiger partial charge in [-0.1, -0.05) is 24.3 Å². The minimum atomic E-state index is -0.381. The highest BCUT2D eigenvalue weighted by Crippen LogP contribution is 2.27. The van der Waals surface area contributed by atoms with Gasteiger partial charge in [0, 0.05) is 30.7 Å². The summed E-state index contributed by atoms with van der Waals surface area (Å²) < 4.78 is 13.5. The van der Waals surface area contributed by atoms with Crippen LogP contribution >= 0.6 is 0 Å². The molecule has 3 nitrogen and oxygen atoms in total. The van der Waals surface area contributed by atoms with Gasteiger partial charge in [0.1, 0.15) is 5.82 Å². The predicted molar refractivity (Wildman–Crippen MR) is 81.2 cm³/mol. The second-order valence-corrected chi connectivity index (χ2v) is 4.89. The Labute approximate surface area is 116 Å². The predicted octanol–water partition coefficient (Wildman–Crippen LogP) is 3.53. The van der Waals surface area contributed by atoms with E-state index >= 15 is 0 Å². The first-order chi connectivity index (χ1) is 9.66. The summed E-state index contributed by atoms with van der Waals surface area (Å²) in [6, 6.07) is 13.0. The van der Waals surface area contributed by atoms with E-state index in [0.717, 1.165) is 11.1 Å². The lowest BCUT2D eigenvalue weighted by Gasteiger charge is -2.21. The molecule has 4 heteroatoms. The first-order valence-corrected chi connectivity index (χ1v) is 6.47. The fourth-order valence-corrected chi connectivity index (χ4v) is 2.46. The Hall–Kier alpha value is -2.49. The van der Waals surface area contributed by atoms with Crippen molar-refractivity contribution in [2.24, 2.45) is 0 Å². The number of nitrogens with two attached hydrogens (primary N) is 1. The average Bonchev–Trinajstić information content (AvgIpc) is 2.85. The number of fused-ring (bicyclic) bond motifs is 1. The number of hydrogen-bond donors (Lipinski definition) is 2. The molecule has 0 spiro atoms. The smallest absolute Gasteiger partial charge is 0.148 e. The lowest BCUT2D eigenvalue weighted by Crippen LogP contribution is -2.18. The first-order valence-electron chi connectivity index (χ1n) is 6.47. The summed E-state index contributed by atoms with van der Waals surface area (Å²) in [6.45, 7) is 0.664. The second-order valence-electron chi connectivity index (χ2n) is 4.89. The molecule has 0 unspecified atom stereocenters. The van der Waals surface area contributed by atoms with E-state index in [1.54, 1.807) is 6.07 Å². The van der Waals surface area contributed by atoms with Crippen molar-refractivity contribution in [3.63, 3.8) is 0 Å². The number of anilines is 2. The van der Waals surface area contributed by atoms with E-state index < -0.39 is 0 Å². The molecule has 0 saturated heterocycles. The number of H-pyrrole nitrogens is 1. The number of rotatable bonds is 3. The number of aromatic amines is 1. The molecule has 2 aromatic carbocycles. The molecule has 102 valence electrons. The quantitative estimate of drug-likeness (QED) is 0.714. The summed E-state index contributed by atoms with van der Waals surface area (Å²) >= 11 is 0. The maximum Gasteiger partial charge on any atom is 0.148 e. The third-order valence-electron chi connectivity index (χ3n) is 3.52. The zero-order valence-corrected chi connectivity index (χ0v) is 11.2. The van der Waals surface area contributed by atoms with Crippen LogP contribution in [0.15, 0.2) is 48.7 Å². The van der Waals surface area contributed by atoms with Gasteiger partial charge in [-0.25, -0.2) is 4.39 Å². The number of nitrogen functional groups attached to an aromatic ring is 1. The Morgan fingerprint density at radius 2 is 1.95 bits per heavy atom. The van der Waals surface area contributed by atoms with Crippen LogP contribution in [0.2, 0.25) is 0 Å². The third kappa shape index (κ3) is 2.09. The lowest BCUT2D eigenvalue weighted by atomic mass is 10.1. The van der Waals surface area contributed by atoms with E-state index in [1.165, 1.54) is 11.5 Å². The van der Waals surface area contributed by atoms with Crippen molar-refractivity contribution in [3.8, 4) is 0 Å². The fourth-order valence-electron chi connectivity index (χ4n) is 2.46. The molecule has 0 bridgehead atoms. The van der Waals surface area contributed by atoms with Gasteiger partial charge in [-0.05, 0) is 23.8 Å².